The molecule has 0 saturated heterocycles. The Balaban J connectivity index is 3.06. The van der Waals surface area contributed by atoms with E-state index in [1.807, 2.05) is 0 Å². The number of hydrogen-bond donors (Lipinski definition) is 2. The Labute approximate surface area is 145 Å². The second kappa shape index (κ2) is 7.35. The third-order valence-corrected chi connectivity index (χ3v) is 3.21. The van der Waals surface area contributed by atoms with Gasteiger partial charge in [-0.05, 0) is 52.3 Å². The molecule has 1 rings (SSSR count). The lowest BCUT2D eigenvalue weighted by Crippen LogP contribution is -2.49. The zero-order valence-corrected chi connectivity index (χ0v) is 14.9. The zero-order chi connectivity index (χ0) is 19.5. The number of anilines is 1. The monoisotopic (exact) mass is 359 g/mol. The lowest BCUT2D eigenvalue weighted by atomic mass is 9.89. The lowest BCUT2D eigenvalue weighted by molar-refractivity contribution is -0.212. The van der Waals surface area contributed by atoms with Crippen LogP contribution in [0.4, 0.5) is 19.3 Å². The number of halogens is 2. The molecule has 1 amide bonds. The lowest BCUT2D eigenvalue weighted by Gasteiger charge is -2.31. The molecule has 0 bridgehead atoms. The zero-order valence-electron chi connectivity index (χ0n) is 14.9. The van der Waals surface area contributed by atoms with Gasteiger partial charge in [0.1, 0.15) is 5.60 Å². The Morgan fingerprint density at radius 1 is 1.20 bits per heavy atom. The predicted octanol–water partition coefficient (Wildman–Crippen LogP) is 3.44. The molecule has 0 heterocycles. The van der Waals surface area contributed by atoms with Gasteiger partial charge in [0.25, 0.3) is 0 Å². The number of nitrogens with one attached hydrogen (secondary N) is 1. The topological polar surface area (TPSA) is 84.9 Å². The van der Waals surface area contributed by atoms with Crippen molar-refractivity contribution in [3.63, 3.8) is 0 Å². The predicted molar refractivity (Wildman–Crippen MR) is 87.4 cm³/mol. The first-order valence-corrected chi connectivity index (χ1v) is 7.69. The Hall–Kier alpha value is -2.22. The molecule has 0 spiro atoms. The Kier molecular flexibility index (Phi) is 6.12. The standard InChI is InChI=1S/C17H23F2NO5/c1-6-24-13(21)17(18,19)16(5,23)11-8-7-9-12(10-11)20-14(22)25-15(2,3)4/h7-10,23H,6H2,1-5H3,(H,20,22). The highest BCUT2D eigenvalue weighted by atomic mass is 19.3. The van der Waals surface area contributed by atoms with Crippen LogP contribution in [0.15, 0.2) is 24.3 Å². The first kappa shape index (κ1) is 20.8. The number of amides is 1. The molecule has 1 aromatic carbocycles. The van der Waals surface area contributed by atoms with E-state index in [4.69, 9.17) is 4.74 Å². The highest BCUT2D eigenvalue weighted by Crippen LogP contribution is 2.39. The molecule has 140 valence electrons. The quantitative estimate of drug-likeness (QED) is 0.787. The van der Waals surface area contributed by atoms with Gasteiger partial charge in [0.2, 0.25) is 0 Å². The van der Waals surface area contributed by atoms with Crippen molar-refractivity contribution in [3.8, 4) is 0 Å². The first-order valence-electron chi connectivity index (χ1n) is 7.69. The van der Waals surface area contributed by atoms with Gasteiger partial charge in [0.05, 0.1) is 6.61 Å². The maximum absolute atomic E-state index is 14.2. The summed E-state index contributed by atoms with van der Waals surface area (Å²) in [4.78, 5) is 23.2. The fraction of sp³-hybridized carbons (Fsp3) is 0.529. The molecule has 0 aliphatic carbocycles. The maximum Gasteiger partial charge on any atom is 0.412 e. The SMILES string of the molecule is CCOC(=O)C(F)(F)C(C)(O)c1cccc(NC(=O)OC(C)(C)C)c1. The fourth-order valence-corrected chi connectivity index (χ4v) is 1.92. The van der Waals surface area contributed by atoms with Crippen LogP contribution in [0.2, 0.25) is 0 Å². The molecule has 6 nitrogen and oxygen atoms in total. The van der Waals surface area contributed by atoms with E-state index in [1.165, 1.54) is 25.1 Å². The van der Waals surface area contributed by atoms with Crippen LogP contribution < -0.4 is 5.32 Å². The third-order valence-electron chi connectivity index (χ3n) is 3.21. The van der Waals surface area contributed by atoms with Gasteiger partial charge in [0.15, 0.2) is 5.60 Å². The van der Waals surface area contributed by atoms with E-state index in [1.54, 1.807) is 20.8 Å². The molecule has 8 heteroatoms. The van der Waals surface area contributed by atoms with Gasteiger partial charge < -0.3 is 14.6 Å². The van der Waals surface area contributed by atoms with Gasteiger partial charge in [-0.1, -0.05) is 12.1 Å². The molecule has 2 N–H and O–H groups in total. The van der Waals surface area contributed by atoms with Crippen molar-refractivity contribution in [2.24, 2.45) is 0 Å². The summed E-state index contributed by atoms with van der Waals surface area (Å²) in [6, 6.07) is 5.15. The van der Waals surface area contributed by atoms with Gasteiger partial charge >= 0.3 is 18.0 Å². The molecule has 1 atom stereocenters. The molecule has 0 radical (unpaired) electrons. The fourth-order valence-electron chi connectivity index (χ4n) is 1.92. The molecule has 0 fully saturated rings. The summed E-state index contributed by atoms with van der Waals surface area (Å²) in [5.41, 5.74) is -3.69. The van der Waals surface area contributed by atoms with Crippen molar-refractivity contribution in [1.29, 1.82) is 0 Å². The Bertz CT molecular complexity index is 638. The van der Waals surface area contributed by atoms with Crippen LogP contribution in [0.3, 0.4) is 0 Å². The summed E-state index contributed by atoms with van der Waals surface area (Å²) < 4.78 is 37.9. The van der Waals surface area contributed by atoms with E-state index in [9.17, 15) is 23.5 Å². The maximum atomic E-state index is 14.2. The van der Waals surface area contributed by atoms with Crippen LogP contribution in [0.25, 0.3) is 0 Å². The van der Waals surface area contributed by atoms with Gasteiger partial charge in [-0.15, -0.1) is 0 Å². The molecule has 1 aromatic rings. The molecule has 0 aromatic heterocycles. The number of esters is 1. The largest absolute Gasteiger partial charge is 0.461 e. The van der Waals surface area contributed by atoms with Crippen LogP contribution in [-0.4, -0.2) is 35.3 Å². The van der Waals surface area contributed by atoms with E-state index in [2.05, 4.69) is 10.1 Å². The van der Waals surface area contributed by atoms with Crippen LogP contribution in [0.5, 0.6) is 0 Å². The molecule has 0 saturated carbocycles. The van der Waals surface area contributed by atoms with Crippen molar-refractivity contribution >= 4 is 17.7 Å². The number of hydrogen-bond acceptors (Lipinski definition) is 5. The van der Waals surface area contributed by atoms with Gasteiger partial charge in [0, 0.05) is 5.69 Å². The minimum absolute atomic E-state index is 0.131. The number of carbonyl (C=O) groups excluding carboxylic acids is 2. The molecular formula is C17H23F2NO5. The van der Waals surface area contributed by atoms with Crippen molar-refractivity contribution in [3.05, 3.63) is 29.8 Å². The number of benzene rings is 1. The summed E-state index contributed by atoms with van der Waals surface area (Å²) in [6.45, 7) is 6.96. The number of aliphatic hydroxyl groups is 1. The second-order valence-electron chi connectivity index (χ2n) is 6.57. The summed E-state index contributed by atoms with van der Waals surface area (Å²) in [7, 11) is 0. The highest BCUT2D eigenvalue weighted by Gasteiger charge is 2.57. The van der Waals surface area contributed by atoms with Crippen molar-refractivity contribution in [2.75, 3.05) is 11.9 Å². The molecule has 0 aliphatic rings. The van der Waals surface area contributed by atoms with Crippen LogP contribution in [-0.2, 0) is 19.9 Å². The normalized spacial score (nSPS) is 14.4. The van der Waals surface area contributed by atoms with E-state index in [-0.39, 0.29) is 17.9 Å². The van der Waals surface area contributed by atoms with E-state index in [0.717, 1.165) is 13.0 Å². The molecule has 1 unspecified atom stereocenters. The second-order valence-corrected chi connectivity index (χ2v) is 6.57. The minimum atomic E-state index is -4.17. The average Bonchev–Trinajstić information content (AvgIpc) is 2.45. The first-order chi connectivity index (χ1) is 11.3. The molecular weight excluding hydrogens is 336 g/mol. The van der Waals surface area contributed by atoms with E-state index < -0.39 is 29.2 Å². The highest BCUT2D eigenvalue weighted by molar-refractivity contribution is 5.85. The van der Waals surface area contributed by atoms with Crippen LogP contribution >= 0.6 is 0 Å². The van der Waals surface area contributed by atoms with Crippen LogP contribution in [0.1, 0.15) is 40.2 Å². The summed E-state index contributed by atoms with van der Waals surface area (Å²) in [6.07, 6.45) is -0.776. The summed E-state index contributed by atoms with van der Waals surface area (Å²) in [5, 5.41) is 12.6. The van der Waals surface area contributed by atoms with Crippen molar-refractivity contribution < 1.29 is 33.0 Å². The van der Waals surface area contributed by atoms with Crippen LogP contribution in [0, 0.1) is 0 Å². The van der Waals surface area contributed by atoms with Gasteiger partial charge in [-0.3, -0.25) is 5.32 Å². The van der Waals surface area contributed by atoms with Crippen molar-refractivity contribution in [1.82, 2.24) is 0 Å². The van der Waals surface area contributed by atoms with E-state index in [0.29, 0.717) is 0 Å². The molecule has 25 heavy (non-hydrogen) atoms. The number of rotatable bonds is 5. The number of alkyl halides is 2. The molecule has 0 aliphatic heterocycles. The Morgan fingerprint density at radius 3 is 2.32 bits per heavy atom. The third kappa shape index (κ3) is 5.12. The minimum Gasteiger partial charge on any atom is -0.461 e. The summed E-state index contributed by atoms with van der Waals surface area (Å²) >= 11 is 0. The average molecular weight is 359 g/mol. The smallest absolute Gasteiger partial charge is 0.412 e. The van der Waals surface area contributed by atoms with Gasteiger partial charge in [-0.25, -0.2) is 9.59 Å². The van der Waals surface area contributed by atoms with Gasteiger partial charge in [-0.2, -0.15) is 8.78 Å². The summed E-state index contributed by atoms with van der Waals surface area (Å²) in [5.74, 6) is -6.00. The van der Waals surface area contributed by atoms with Crippen molar-refractivity contribution in [2.45, 2.75) is 51.7 Å². The number of carbonyl (C=O) groups is 2. The number of ether oxygens (including phenoxy) is 2. The Morgan fingerprint density at radius 2 is 1.80 bits per heavy atom. The van der Waals surface area contributed by atoms with E-state index >= 15 is 0 Å².